The Kier molecular flexibility index (Phi) is 5.73. The Morgan fingerprint density at radius 1 is 1.22 bits per heavy atom. The van der Waals surface area contributed by atoms with Gasteiger partial charge in [0.15, 0.2) is 0 Å². The number of aromatic amines is 1. The van der Waals surface area contributed by atoms with Crippen molar-refractivity contribution in [1.29, 1.82) is 0 Å². The van der Waals surface area contributed by atoms with Gasteiger partial charge >= 0.3 is 5.97 Å². The van der Waals surface area contributed by atoms with Crippen LogP contribution in [0, 0.1) is 6.92 Å². The molecule has 27 heavy (non-hydrogen) atoms. The van der Waals surface area contributed by atoms with Gasteiger partial charge < -0.3 is 9.64 Å². The molecule has 0 unspecified atom stereocenters. The molecule has 0 atom stereocenters. The fourth-order valence-electron chi connectivity index (χ4n) is 3.00. The zero-order chi connectivity index (χ0) is 19.6. The Morgan fingerprint density at radius 3 is 2.44 bits per heavy atom. The van der Waals surface area contributed by atoms with E-state index in [4.69, 9.17) is 16.3 Å². The number of esters is 1. The van der Waals surface area contributed by atoms with Crippen molar-refractivity contribution >= 4 is 33.3 Å². The highest BCUT2D eigenvalue weighted by Crippen LogP contribution is 2.25. The third-order valence-corrected chi connectivity index (χ3v) is 6.49. The second-order valence-corrected chi connectivity index (χ2v) is 8.41. The average molecular weight is 413 g/mol. The molecular formula is C17H21ClN4O4S. The minimum absolute atomic E-state index is 0.0306. The summed E-state index contributed by atoms with van der Waals surface area (Å²) in [6.45, 7) is 5.05. The van der Waals surface area contributed by atoms with E-state index in [1.165, 1.54) is 4.31 Å². The number of rotatable bonds is 5. The van der Waals surface area contributed by atoms with E-state index >= 15 is 0 Å². The van der Waals surface area contributed by atoms with Crippen LogP contribution in [0.3, 0.4) is 0 Å². The van der Waals surface area contributed by atoms with Crippen molar-refractivity contribution in [3.05, 3.63) is 40.5 Å². The van der Waals surface area contributed by atoms with Crippen LogP contribution in [0.5, 0.6) is 0 Å². The van der Waals surface area contributed by atoms with Crippen molar-refractivity contribution in [3.8, 4) is 0 Å². The Hall–Kier alpha value is -2.10. The quantitative estimate of drug-likeness (QED) is 0.755. The van der Waals surface area contributed by atoms with Crippen molar-refractivity contribution in [2.24, 2.45) is 0 Å². The topological polar surface area (TPSA) is 95.6 Å². The highest BCUT2D eigenvalue weighted by molar-refractivity contribution is 7.89. The van der Waals surface area contributed by atoms with E-state index in [2.05, 4.69) is 15.1 Å². The van der Waals surface area contributed by atoms with Crippen LogP contribution in [0.25, 0.3) is 0 Å². The van der Waals surface area contributed by atoms with Crippen molar-refractivity contribution in [3.63, 3.8) is 0 Å². The minimum atomic E-state index is -3.91. The zero-order valence-electron chi connectivity index (χ0n) is 15.1. The summed E-state index contributed by atoms with van der Waals surface area (Å²) in [5, 5.41) is 6.83. The number of halogens is 1. The van der Waals surface area contributed by atoms with Gasteiger partial charge in [0.2, 0.25) is 5.03 Å². The van der Waals surface area contributed by atoms with Crippen LogP contribution >= 0.6 is 11.6 Å². The average Bonchev–Trinajstić information content (AvgIpc) is 3.05. The van der Waals surface area contributed by atoms with Gasteiger partial charge in [0.05, 0.1) is 6.61 Å². The molecule has 0 amide bonds. The third-order valence-electron chi connectivity index (χ3n) is 4.41. The molecule has 8 nitrogen and oxygen atoms in total. The SMILES string of the molecule is CCOC(=O)c1c(S(=O)(=O)N2CCN(c3ccc(Cl)cc3)CC2)n[nH]c1C. The van der Waals surface area contributed by atoms with Gasteiger partial charge in [0, 0.05) is 42.6 Å². The molecule has 1 aromatic carbocycles. The molecule has 1 aliphatic heterocycles. The summed E-state index contributed by atoms with van der Waals surface area (Å²) in [5.74, 6) is -0.692. The molecule has 1 aromatic heterocycles. The van der Waals surface area contributed by atoms with Gasteiger partial charge in [-0.25, -0.2) is 13.2 Å². The number of hydrogen-bond donors (Lipinski definition) is 1. The van der Waals surface area contributed by atoms with Gasteiger partial charge in [-0.2, -0.15) is 9.40 Å². The fraction of sp³-hybridized carbons (Fsp3) is 0.412. The minimum Gasteiger partial charge on any atom is -0.462 e. The maximum atomic E-state index is 13.0. The Bertz CT molecular complexity index is 919. The predicted octanol–water partition coefficient (Wildman–Crippen LogP) is 2.06. The zero-order valence-corrected chi connectivity index (χ0v) is 16.7. The molecule has 10 heteroatoms. The summed E-state index contributed by atoms with van der Waals surface area (Å²) in [4.78, 5) is 14.2. The fourth-order valence-corrected chi connectivity index (χ4v) is 4.67. The second kappa shape index (κ2) is 7.87. The van der Waals surface area contributed by atoms with E-state index in [-0.39, 0.29) is 17.2 Å². The number of sulfonamides is 1. The van der Waals surface area contributed by atoms with Gasteiger partial charge in [-0.1, -0.05) is 11.6 Å². The molecular weight excluding hydrogens is 392 g/mol. The number of ether oxygens (including phenoxy) is 1. The molecule has 1 N–H and O–H groups in total. The van der Waals surface area contributed by atoms with Crippen LogP contribution in [0.4, 0.5) is 5.69 Å². The highest BCUT2D eigenvalue weighted by Gasteiger charge is 2.35. The first-order valence-electron chi connectivity index (χ1n) is 8.57. The molecule has 3 rings (SSSR count). The van der Waals surface area contributed by atoms with Crippen LogP contribution in [0.1, 0.15) is 23.0 Å². The van der Waals surface area contributed by atoms with E-state index in [0.29, 0.717) is 36.9 Å². The summed E-state index contributed by atoms with van der Waals surface area (Å²) >= 11 is 5.91. The van der Waals surface area contributed by atoms with Crippen molar-refractivity contribution in [2.75, 3.05) is 37.7 Å². The summed E-state index contributed by atoms with van der Waals surface area (Å²) < 4.78 is 32.4. The molecule has 0 radical (unpaired) electrons. The molecule has 2 heterocycles. The molecule has 0 aliphatic carbocycles. The standard InChI is InChI=1S/C17H21ClN4O4S/c1-3-26-17(23)15-12(2)19-20-16(15)27(24,25)22-10-8-21(9-11-22)14-6-4-13(18)5-7-14/h4-7H,3,8-11H2,1-2H3,(H,19,20). The van der Waals surface area contributed by atoms with Crippen LogP contribution in [-0.2, 0) is 14.8 Å². The van der Waals surface area contributed by atoms with Crippen LogP contribution in [0.2, 0.25) is 5.02 Å². The Labute approximate surface area is 163 Å². The van der Waals surface area contributed by atoms with Crippen molar-refractivity contribution < 1.29 is 17.9 Å². The lowest BCUT2D eigenvalue weighted by atomic mass is 10.2. The number of aryl methyl sites for hydroxylation is 1. The molecule has 1 fully saturated rings. The lowest BCUT2D eigenvalue weighted by molar-refractivity contribution is 0.0520. The second-order valence-electron chi connectivity index (χ2n) is 6.12. The number of anilines is 1. The van der Waals surface area contributed by atoms with Gasteiger partial charge in [0.25, 0.3) is 10.0 Å². The molecule has 0 saturated carbocycles. The van der Waals surface area contributed by atoms with E-state index in [9.17, 15) is 13.2 Å². The Balaban J connectivity index is 1.78. The number of carbonyl (C=O) groups excluding carboxylic acids is 1. The largest absolute Gasteiger partial charge is 0.462 e. The number of nitrogens with zero attached hydrogens (tertiary/aromatic N) is 3. The number of piperazine rings is 1. The predicted molar refractivity (Wildman–Crippen MR) is 102 cm³/mol. The van der Waals surface area contributed by atoms with Gasteiger partial charge in [-0.3, -0.25) is 5.10 Å². The van der Waals surface area contributed by atoms with Gasteiger partial charge in [-0.15, -0.1) is 0 Å². The maximum Gasteiger partial charge on any atom is 0.343 e. The van der Waals surface area contributed by atoms with Crippen molar-refractivity contribution in [2.45, 2.75) is 18.9 Å². The number of nitrogens with one attached hydrogen (secondary N) is 1. The molecule has 146 valence electrons. The van der Waals surface area contributed by atoms with E-state index in [0.717, 1.165) is 5.69 Å². The normalized spacial score (nSPS) is 15.7. The molecule has 2 aromatic rings. The van der Waals surface area contributed by atoms with Gasteiger partial charge in [0.1, 0.15) is 5.56 Å². The summed E-state index contributed by atoms with van der Waals surface area (Å²) in [6.07, 6.45) is 0. The van der Waals surface area contributed by atoms with E-state index in [1.807, 2.05) is 12.1 Å². The number of benzene rings is 1. The van der Waals surface area contributed by atoms with Gasteiger partial charge in [-0.05, 0) is 38.1 Å². The van der Waals surface area contributed by atoms with E-state index < -0.39 is 16.0 Å². The maximum absolute atomic E-state index is 13.0. The summed E-state index contributed by atoms with van der Waals surface area (Å²) in [5.41, 5.74) is 1.32. The first-order valence-corrected chi connectivity index (χ1v) is 10.4. The highest BCUT2D eigenvalue weighted by atomic mass is 35.5. The summed E-state index contributed by atoms with van der Waals surface area (Å²) in [7, 11) is -3.91. The lowest BCUT2D eigenvalue weighted by Crippen LogP contribution is -2.49. The van der Waals surface area contributed by atoms with Crippen LogP contribution < -0.4 is 4.90 Å². The molecule has 1 saturated heterocycles. The molecule has 0 bridgehead atoms. The summed E-state index contributed by atoms with van der Waals surface area (Å²) in [6, 6.07) is 7.42. The third kappa shape index (κ3) is 3.95. The van der Waals surface area contributed by atoms with Crippen LogP contribution in [-0.4, -0.2) is 61.7 Å². The number of H-pyrrole nitrogens is 1. The first-order chi connectivity index (χ1) is 12.8. The first kappa shape index (κ1) is 19.7. The number of hydrogen-bond acceptors (Lipinski definition) is 6. The molecule has 0 spiro atoms. The van der Waals surface area contributed by atoms with E-state index in [1.54, 1.807) is 26.0 Å². The lowest BCUT2D eigenvalue weighted by Gasteiger charge is -2.35. The smallest absolute Gasteiger partial charge is 0.343 e. The van der Waals surface area contributed by atoms with Crippen molar-refractivity contribution in [1.82, 2.24) is 14.5 Å². The monoisotopic (exact) mass is 412 g/mol. The number of carbonyl (C=O) groups is 1. The Morgan fingerprint density at radius 2 is 1.85 bits per heavy atom. The molecule has 1 aliphatic rings. The number of aromatic nitrogens is 2. The van der Waals surface area contributed by atoms with Crippen LogP contribution in [0.15, 0.2) is 29.3 Å².